The van der Waals surface area contributed by atoms with Gasteiger partial charge in [-0.05, 0) is 31.5 Å². The van der Waals surface area contributed by atoms with Gasteiger partial charge in [-0.2, -0.15) is 0 Å². The van der Waals surface area contributed by atoms with E-state index in [0.717, 1.165) is 0 Å². The molecule has 1 heterocycles. The van der Waals surface area contributed by atoms with Crippen molar-refractivity contribution in [3.8, 4) is 5.75 Å². The highest BCUT2D eigenvalue weighted by atomic mass is 16.5. The Balaban J connectivity index is 2.05. The smallest absolute Gasteiger partial charge is 0.315 e. The summed E-state index contributed by atoms with van der Waals surface area (Å²) in [5.41, 5.74) is 0.0350. The lowest BCUT2D eigenvalue weighted by molar-refractivity contribution is -0.164. The van der Waals surface area contributed by atoms with E-state index in [1.807, 2.05) is 6.92 Å². The van der Waals surface area contributed by atoms with Gasteiger partial charge < -0.3 is 14.4 Å². The quantitative estimate of drug-likeness (QED) is 0.780. The van der Waals surface area contributed by atoms with Crippen LogP contribution < -0.4 is 4.74 Å². The van der Waals surface area contributed by atoms with Crippen LogP contribution in [0.3, 0.4) is 0 Å². The number of amides is 1. The first kappa shape index (κ1) is 15.4. The first-order valence-corrected chi connectivity index (χ1v) is 7.17. The summed E-state index contributed by atoms with van der Waals surface area (Å²) in [7, 11) is 1.57. The van der Waals surface area contributed by atoms with Crippen LogP contribution >= 0.6 is 0 Å². The number of rotatable bonds is 5. The van der Waals surface area contributed by atoms with Gasteiger partial charge in [0.15, 0.2) is 0 Å². The van der Waals surface area contributed by atoms with E-state index in [0.29, 0.717) is 37.4 Å². The van der Waals surface area contributed by atoms with Crippen molar-refractivity contribution in [2.24, 2.45) is 5.41 Å². The summed E-state index contributed by atoms with van der Waals surface area (Å²) in [6.07, 6.45) is 0.674. The SMILES string of the molecule is CCOC(=O)C1(CC)CN(C(=O)c2cccc(OC)c2)C1. The highest BCUT2D eigenvalue weighted by molar-refractivity contribution is 5.96. The van der Waals surface area contributed by atoms with Crippen LogP contribution in [0.2, 0.25) is 0 Å². The number of carbonyl (C=O) groups is 2. The van der Waals surface area contributed by atoms with Crippen molar-refractivity contribution < 1.29 is 19.1 Å². The monoisotopic (exact) mass is 291 g/mol. The molecule has 1 aliphatic heterocycles. The standard InChI is InChI=1S/C16H21NO4/c1-4-16(15(19)21-5-2)10-17(11-16)14(18)12-7-6-8-13(9-12)20-3/h6-9H,4-5,10-11H2,1-3H3. The molecule has 1 fully saturated rings. The van der Waals surface area contributed by atoms with Crippen LogP contribution in [-0.4, -0.2) is 43.6 Å². The summed E-state index contributed by atoms with van der Waals surface area (Å²) < 4.78 is 10.2. The Morgan fingerprint density at radius 1 is 1.29 bits per heavy atom. The van der Waals surface area contributed by atoms with Gasteiger partial charge >= 0.3 is 5.97 Å². The van der Waals surface area contributed by atoms with Gasteiger partial charge in [0.1, 0.15) is 11.2 Å². The Morgan fingerprint density at radius 2 is 2.00 bits per heavy atom. The van der Waals surface area contributed by atoms with Crippen molar-refractivity contribution >= 4 is 11.9 Å². The average molecular weight is 291 g/mol. The molecule has 0 spiro atoms. The second-order valence-corrected chi connectivity index (χ2v) is 5.25. The molecule has 0 saturated carbocycles. The zero-order chi connectivity index (χ0) is 15.5. The van der Waals surface area contributed by atoms with E-state index in [-0.39, 0.29) is 11.9 Å². The lowest BCUT2D eigenvalue weighted by Crippen LogP contribution is -2.62. The number of ether oxygens (including phenoxy) is 2. The Hall–Kier alpha value is -2.04. The number of carbonyl (C=O) groups excluding carboxylic acids is 2. The number of hydrogen-bond acceptors (Lipinski definition) is 4. The maximum absolute atomic E-state index is 12.4. The highest BCUT2D eigenvalue weighted by Gasteiger charge is 2.50. The fraction of sp³-hybridized carbons (Fsp3) is 0.500. The van der Waals surface area contributed by atoms with Crippen LogP contribution in [0.15, 0.2) is 24.3 Å². The lowest BCUT2D eigenvalue weighted by atomic mass is 9.77. The second kappa shape index (κ2) is 6.16. The zero-order valence-electron chi connectivity index (χ0n) is 12.7. The Kier molecular flexibility index (Phi) is 4.50. The fourth-order valence-electron chi connectivity index (χ4n) is 2.55. The van der Waals surface area contributed by atoms with E-state index in [9.17, 15) is 9.59 Å². The molecule has 1 aromatic rings. The molecule has 5 heteroatoms. The topological polar surface area (TPSA) is 55.8 Å². The number of benzene rings is 1. The van der Waals surface area contributed by atoms with Crippen molar-refractivity contribution in [2.75, 3.05) is 26.8 Å². The van der Waals surface area contributed by atoms with Gasteiger partial charge in [0.05, 0.1) is 13.7 Å². The molecule has 0 N–H and O–H groups in total. The Labute approximate surface area is 124 Å². The van der Waals surface area contributed by atoms with Crippen LogP contribution in [0.4, 0.5) is 0 Å². The van der Waals surface area contributed by atoms with E-state index in [4.69, 9.17) is 9.47 Å². The largest absolute Gasteiger partial charge is 0.497 e. The molecule has 0 unspecified atom stereocenters. The highest BCUT2D eigenvalue weighted by Crippen LogP contribution is 2.36. The molecule has 0 aliphatic carbocycles. The van der Waals surface area contributed by atoms with Crippen LogP contribution in [-0.2, 0) is 9.53 Å². The number of nitrogens with zero attached hydrogens (tertiary/aromatic N) is 1. The first-order valence-electron chi connectivity index (χ1n) is 7.17. The normalized spacial score (nSPS) is 16.0. The third-order valence-corrected chi connectivity index (χ3v) is 3.98. The molecule has 0 radical (unpaired) electrons. The summed E-state index contributed by atoms with van der Waals surface area (Å²) in [6.45, 7) is 4.94. The molecule has 0 bridgehead atoms. The number of esters is 1. The molecular weight excluding hydrogens is 270 g/mol. The van der Waals surface area contributed by atoms with Crippen molar-refractivity contribution in [3.05, 3.63) is 29.8 Å². The predicted molar refractivity (Wildman–Crippen MR) is 78.3 cm³/mol. The van der Waals surface area contributed by atoms with Gasteiger partial charge in [-0.15, -0.1) is 0 Å². The number of hydrogen-bond donors (Lipinski definition) is 0. The van der Waals surface area contributed by atoms with Crippen LogP contribution in [0.1, 0.15) is 30.6 Å². The van der Waals surface area contributed by atoms with Crippen LogP contribution in [0.5, 0.6) is 5.75 Å². The molecule has 1 aliphatic rings. The van der Waals surface area contributed by atoms with Crippen LogP contribution in [0.25, 0.3) is 0 Å². The third kappa shape index (κ3) is 2.86. The fourth-order valence-corrected chi connectivity index (χ4v) is 2.55. The van der Waals surface area contributed by atoms with Gasteiger partial charge in [0, 0.05) is 18.7 Å². The summed E-state index contributed by atoms with van der Waals surface area (Å²) >= 11 is 0. The Morgan fingerprint density at radius 3 is 2.57 bits per heavy atom. The van der Waals surface area contributed by atoms with E-state index in [2.05, 4.69) is 0 Å². The zero-order valence-corrected chi connectivity index (χ0v) is 12.7. The molecule has 1 amide bonds. The molecule has 2 rings (SSSR count). The Bertz CT molecular complexity index is 535. The van der Waals surface area contributed by atoms with Crippen molar-refractivity contribution in [1.29, 1.82) is 0 Å². The number of methoxy groups -OCH3 is 1. The van der Waals surface area contributed by atoms with Gasteiger partial charge in [-0.1, -0.05) is 13.0 Å². The minimum Gasteiger partial charge on any atom is -0.497 e. The summed E-state index contributed by atoms with van der Waals surface area (Å²) in [5.74, 6) is 0.359. The minimum absolute atomic E-state index is 0.0812. The van der Waals surface area contributed by atoms with Crippen LogP contribution in [0, 0.1) is 5.41 Å². The molecule has 1 saturated heterocycles. The van der Waals surface area contributed by atoms with Crippen molar-refractivity contribution in [3.63, 3.8) is 0 Å². The summed E-state index contributed by atoms with van der Waals surface area (Å²) in [6, 6.07) is 7.03. The van der Waals surface area contributed by atoms with Gasteiger partial charge in [0.25, 0.3) is 5.91 Å². The molecule has 1 aromatic carbocycles. The van der Waals surface area contributed by atoms with Gasteiger partial charge in [-0.25, -0.2) is 0 Å². The van der Waals surface area contributed by atoms with Crippen molar-refractivity contribution in [2.45, 2.75) is 20.3 Å². The predicted octanol–water partition coefficient (Wildman–Crippen LogP) is 2.11. The lowest BCUT2D eigenvalue weighted by Gasteiger charge is -2.47. The van der Waals surface area contributed by atoms with Gasteiger partial charge in [-0.3, -0.25) is 9.59 Å². The maximum Gasteiger partial charge on any atom is 0.315 e. The van der Waals surface area contributed by atoms with Gasteiger partial charge in [0.2, 0.25) is 0 Å². The molecule has 21 heavy (non-hydrogen) atoms. The van der Waals surface area contributed by atoms with E-state index >= 15 is 0 Å². The molecule has 0 aromatic heterocycles. The maximum atomic E-state index is 12.4. The molecule has 0 atom stereocenters. The number of likely N-dealkylation sites (tertiary alicyclic amines) is 1. The van der Waals surface area contributed by atoms with E-state index in [1.54, 1.807) is 43.2 Å². The minimum atomic E-state index is -0.537. The van der Waals surface area contributed by atoms with Crippen molar-refractivity contribution in [1.82, 2.24) is 4.90 Å². The van der Waals surface area contributed by atoms with E-state index in [1.165, 1.54) is 0 Å². The summed E-state index contributed by atoms with van der Waals surface area (Å²) in [5, 5.41) is 0. The first-order chi connectivity index (χ1) is 10.1. The average Bonchev–Trinajstić information content (AvgIpc) is 2.47. The second-order valence-electron chi connectivity index (χ2n) is 5.25. The molecular formula is C16H21NO4. The third-order valence-electron chi connectivity index (χ3n) is 3.98. The molecule has 5 nitrogen and oxygen atoms in total. The van der Waals surface area contributed by atoms with E-state index < -0.39 is 5.41 Å². The summed E-state index contributed by atoms with van der Waals surface area (Å²) in [4.78, 5) is 26.1. The molecule has 114 valence electrons.